The van der Waals surface area contributed by atoms with Gasteiger partial charge >= 0.3 is 5.97 Å². The van der Waals surface area contributed by atoms with Crippen LogP contribution >= 0.6 is 0 Å². The fourth-order valence-electron chi connectivity index (χ4n) is 2.42. The van der Waals surface area contributed by atoms with Crippen molar-refractivity contribution in [2.24, 2.45) is 0 Å². The molecule has 0 bridgehead atoms. The molecule has 0 unspecified atom stereocenters. The summed E-state index contributed by atoms with van der Waals surface area (Å²) in [4.78, 5) is 11.3. The van der Waals surface area contributed by atoms with Gasteiger partial charge in [0.1, 0.15) is 5.75 Å². The van der Waals surface area contributed by atoms with E-state index in [4.69, 9.17) is 19.3 Å². The van der Waals surface area contributed by atoms with Gasteiger partial charge in [0.15, 0.2) is 0 Å². The van der Waals surface area contributed by atoms with Gasteiger partial charge in [-0.05, 0) is 36.6 Å². The number of aliphatic hydroxyl groups excluding tert-OH is 1. The van der Waals surface area contributed by atoms with E-state index in [-0.39, 0.29) is 18.3 Å². The third-order valence-electron chi connectivity index (χ3n) is 3.67. The first-order valence-electron chi connectivity index (χ1n) is 7.62. The molecule has 6 nitrogen and oxygen atoms in total. The largest absolute Gasteiger partial charge is 0.497 e. The van der Waals surface area contributed by atoms with Crippen LogP contribution in [-0.4, -0.2) is 42.8 Å². The molecule has 1 aromatic carbocycles. The zero-order valence-corrected chi connectivity index (χ0v) is 13.1. The minimum absolute atomic E-state index is 0.0933. The van der Waals surface area contributed by atoms with E-state index in [1.54, 1.807) is 13.2 Å². The molecule has 0 fully saturated rings. The number of benzene rings is 1. The Morgan fingerprint density at radius 2 is 2.04 bits per heavy atom. The number of hydrogen-bond acceptors (Lipinski definition) is 5. The second kappa shape index (κ2) is 8.55. The topological polar surface area (TPSA) is 85.2 Å². The summed E-state index contributed by atoms with van der Waals surface area (Å²) in [6.45, 7) is 0.539. The van der Waals surface area contributed by atoms with Gasteiger partial charge in [0, 0.05) is 18.9 Å². The Bertz CT molecular complexity index is 537. The molecule has 2 rings (SSSR count). The maximum Gasteiger partial charge on any atom is 0.370 e. The first-order chi connectivity index (χ1) is 11.1. The van der Waals surface area contributed by atoms with E-state index < -0.39 is 12.3 Å². The Balaban J connectivity index is 2.07. The quantitative estimate of drug-likeness (QED) is 0.714. The Morgan fingerprint density at radius 3 is 2.65 bits per heavy atom. The molecule has 23 heavy (non-hydrogen) atoms. The Hall–Kier alpha value is -2.05. The zero-order chi connectivity index (χ0) is 16.7. The summed E-state index contributed by atoms with van der Waals surface area (Å²) < 4.78 is 16.1. The van der Waals surface area contributed by atoms with E-state index >= 15 is 0 Å². The first kappa shape index (κ1) is 17.3. The molecule has 0 saturated carbocycles. The van der Waals surface area contributed by atoms with Gasteiger partial charge in [0.05, 0.1) is 13.7 Å². The fraction of sp³-hybridized carbons (Fsp3) is 0.471. The van der Waals surface area contributed by atoms with Crippen LogP contribution in [0.15, 0.2) is 36.1 Å². The predicted molar refractivity (Wildman–Crippen MR) is 83.2 cm³/mol. The fourth-order valence-corrected chi connectivity index (χ4v) is 2.42. The van der Waals surface area contributed by atoms with E-state index in [0.29, 0.717) is 25.9 Å². The molecule has 0 radical (unpaired) electrons. The van der Waals surface area contributed by atoms with Gasteiger partial charge in [-0.3, -0.25) is 0 Å². The normalized spacial score (nSPS) is 20.5. The van der Waals surface area contributed by atoms with Crippen molar-refractivity contribution in [1.82, 2.24) is 0 Å². The molecule has 0 amide bonds. The first-order valence-corrected chi connectivity index (χ1v) is 7.62. The van der Waals surface area contributed by atoms with Crippen LogP contribution in [0.2, 0.25) is 0 Å². The van der Waals surface area contributed by atoms with E-state index in [1.165, 1.54) is 0 Å². The Labute approximate surface area is 135 Å². The molecule has 126 valence electrons. The average Bonchev–Trinajstić information content (AvgIpc) is 2.58. The van der Waals surface area contributed by atoms with Crippen LogP contribution in [0.5, 0.6) is 5.75 Å². The highest BCUT2D eigenvalue weighted by atomic mass is 16.7. The number of carboxylic acids is 1. The van der Waals surface area contributed by atoms with Gasteiger partial charge in [-0.15, -0.1) is 0 Å². The van der Waals surface area contributed by atoms with Crippen LogP contribution in [0, 0.1) is 0 Å². The molecule has 1 aliphatic rings. The number of hydrogen-bond donors (Lipinski definition) is 2. The van der Waals surface area contributed by atoms with Crippen LogP contribution in [0.3, 0.4) is 0 Å². The van der Waals surface area contributed by atoms with Gasteiger partial charge in [-0.2, -0.15) is 0 Å². The summed E-state index contributed by atoms with van der Waals surface area (Å²) in [7, 11) is 1.60. The molecule has 6 heteroatoms. The molecule has 0 aliphatic carbocycles. The lowest BCUT2D eigenvalue weighted by molar-refractivity contribution is -0.157. The summed E-state index contributed by atoms with van der Waals surface area (Å²) in [5.41, 5.74) is 0.983. The van der Waals surface area contributed by atoms with Crippen LogP contribution in [0.25, 0.3) is 0 Å². The van der Waals surface area contributed by atoms with Crippen molar-refractivity contribution >= 4 is 5.97 Å². The molecular weight excluding hydrogens is 300 g/mol. The monoisotopic (exact) mass is 322 g/mol. The number of ether oxygens (including phenoxy) is 3. The number of unbranched alkanes of at least 4 members (excludes halogenated alkanes) is 1. The summed E-state index contributed by atoms with van der Waals surface area (Å²) in [6, 6.07) is 7.51. The number of carboxylic acid groups (broad SMARTS) is 1. The number of allylic oxidation sites excluding steroid dienone is 1. The second-order valence-corrected chi connectivity index (χ2v) is 5.30. The zero-order valence-electron chi connectivity index (χ0n) is 13.1. The number of rotatable bonds is 8. The van der Waals surface area contributed by atoms with Gasteiger partial charge in [-0.1, -0.05) is 12.1 Å². The van der Waals surface area contributed by atoms with Crippen LogP contribution in [0.4, 0.5) is 0 Å². The third-order valence-corrected chi connectivity index (χ3v) is 3.67. The molecular formula is C17H22O6. The highest BCUT2D eigenvalue weighted by Crippen LogP contribution is 2.32. The molecule has 2 N–H and O–H groups in total. The molecule has 1 heterocycles. The molecule has 0 aromatic heterocycles. The highest BCUT2D eigenvalue weighted by Gasteiger charge is 2.28. The molecule has 0 saturated heterocycles. The summed E-state index contributed by atoms with van der Waals surface area (Å²) in [6.07, 6.45) is 2.91. The lowest BCUT2D eigenvalue weighted by atomic mass is 9.93. The molecule has 1 aromatic rings. The Morgan fingerprint density at radius 1 is 1.30 bits per heavy atom. The number of carbonyl (C=O) groups is 1. The van der Waals surface area contributed by atoms with Gasteiger partial charge in [-0.25, -0.2) is 4.79 Å². The van der Waals surface area contributed by atoms with E-state index in [1.807, 2.05) is 24.3 Å². The summed E-state index contributed by atoms with van der Waals surface area (Å²) in [5, 5.41) is 18.0. The summed E-state index contributed by atoms with van der Waals surface area (Å²) >= 11 is 0. The van der Waals surface area contributed by atoms with E-state index in [2.05, 4.69) is 0 Å². The third kappa shape index (κ3) is 4.97. The highest BCUT2D eigenvalue weighted by molar-refractivity contribution is 5.84. The van der Waals surface area contributed by atoms with Crippen molar-refractivity contribution in [2.75, 3.05) is 20.3 Å². The number of aliphatic carboxylic acids is 1. The van der Waals surface area contributed by atoms with Crippen molar-refractivity contribution < 1.29 is 29.2 Å². The van der Waals surface area contributed by atoms with E-state index in [9.17, 15) is 9.90 Å². The lowest BCUT2D eigenvalue weighted by Gasteiger charge is -2.28. The van der Waals surface area contributed by atoms with Crippen molar-refractivity contribution in [1.29, 1.82) is 0 Å². The smallest absolute Gasteiger partial charge is 0.370 e. The second-order valence-electron chi connectivity index (χ2n) is 5.30. The van der Waals surface area contributed by atoms with Gasteiger partial charge in [0.25, 0.3) is 0 Å². The molecule has 1 aliphatic heterocycles. The van der Waals surface area contributed by atoms with Gasteiger partial charge in [0.2, 0.25) is 12.0 Å². The standard InChI is InChI=1S/C17H22O6/c1-21-14-6-4-12(5-7-14)13-10-15(17(19)20)23-16(11-13)22-9-3-2-8-18/h4-7,10,13,16,18H,2-3,8-9,11H2,1H3,(H,19,20)/t13-,16+/m1/s1. The van der Waals surface area contributed by atoms with Gasteiger partial charge < -0.3 is 24.4 Å². The van der Waals surface area contributed by atoms with E-state index in [0.717, 1.165) is 11.3 Å². The maximum atomic E-state index is 11.3. The SMILES string of the molecule is COc1ccc([C@@H]2C=C(C(=O)O)O[C@H](OCCCCO)C2)cc1. The number of methoxy groups -OCH3 is 1. The van der Waals surface area contributed by atoms with Crippen LogP contribution in [-0.2, 0) is 14.3 Å². The minimum atomic E-state index is -1.10. The summed E-state index contributed by atoms with van der Waals surface area (Å²) in [5.74, 6) is -0.542. The minimum Gasteiger partial charge on any atom is -0.497 e. The van der Waals surface area contributed by atoms with Crippen LogP contribution in [0.1, 0.15) is 30.7 Å². The lowest BCUT2D eigenvalue weighted by Crippen LogP contribution is -2.27. The van der Waals surface area contributed by atoms with Crippen molar-refractivity contribution in [3.05, 3.63) is 41.7 Å². The molecule has 0 spiro atoms. The van der Waals surface area contributed by atoms with Crippen LogP contribution < -0.4 is 4.74 Å². The van der Waals surface area contributed by atoms with Crippen molar-refractivity contribution in [3.63, 3.8) is 0 Å². The number of aliphatic hydroxyl groups is 1. The van der Waals surface area contributed by atoms with Crippen molar-refractivity contribution in [3.8, 4) is 5.75 Å². The van der Waals surface area contributed by atoms with Crippen molar-refractivity contribution in [2.45, 2.75) is 31.5 Å². The maximum absolute atomic E-state index is 11.3. The average molecular weight is 322 g/mol. The molecule has 2 atom stereocenters. The predicted octanol–water partition coefficient (Wildman–Crippen LogP) is 2.28. The Kier molecular flexibility index (Phi) is 6.43.